The predicted molar refractivity (Wildman–Crippen MR) is 66.0 cm³/mol. The standard InChI is InChI=1S/C14H24O2/c1-10(2)13-6-5-11(3)9-14(13)16-8-7-12(4)15/h7-8,10-11,13-14H,5-6,9H2,1-4H3. The molecule has 1 rings (SSSR count). The van der Waals surface area contributed by atoms with E-state index in [2.05, 4.69) is 20.8 Å². The summed E-state index contributed by atoms with van der Waals surface area (Å²) in [6.45, 7) is 8.34. The van der Waals surface area contributed by atoms with Gasteiger partial charge in [-0.15, -0.1) is 0 Å². The Bertz CT molecular complexity index is 255. The van der Waals surface area contributed by atoms with Crippen LogP contribution in [0.4, 0.5) is 0 Å². The average Bonchev–Trinajstić information content (AvgIpc) is 2.16. The van der Waals surface area contributed by atoms with Crippen molar-refractivity contribution >= 4 is 5.78 Å². The van der Waals surface area contributed by atoms with E-state index in [-0.39, 0.29) is 5.78 Å². The maximum atomic E-state index is 10.8. The average molecular weight is 224 g/mol. The quantitative estimate of drug-likeness (QED) is 0.539. The number of rotatable bonds is 4. The van der Waals surface area contributed by atoms with Crippen LogP contribution in [0, 0.1) is 17.8 Å². The van der Waals surface area contributed by atoms with Crippen molar-refractivity contribution in [3.05, 3.63) is 12.3 Å². The number of allylic oxidation sites excluding steroid dienone is 1. The summed E-state index contributed by atoms with van der Waals surface area (Å²) in [7, 11) is 0. The van der Waals surface area contributed by atoms with Gasteiger partial charge in [-0.1, -0.05) is 27.2 Å². The molecule has 1 aliphatic rings. The second kappa shape index (κ2) is 6.07. The van der Waals surface area contributed by atoms with Gasteiger partial charge in [0.05, 0.1) is 6.26 Å². The summed E-state index contributed by atoms with van der Waals surface area (Å²) in [6, 6.07) is 0. The zero-order valence-corrected chi connectivity index (χ0v) is 10.9. The zero-order valence-electron chi connectivity index (χ0n) is 10.9. The van der Waals surface area contributed by atoms with Crippen LogP contribution < -0.4 is 0 Å². The summed E-state index contributed by atoms with van der Waals surface area (Å²) in [5.74, 6) is 2.08. The molecule has 2 nitrogen and oxygen atoms in total. The Hall–Kier alpha value is -0.790. The lowest BCUT2D eigenvalue weighted by molar-refractivity contribution is -0.112. The second-order valence-electron chi connectivity index (χ2n) is 5.41. The fraction of sp³-hybridized carbons (Fsp3) is 0.786. The number of carbonyl (C=O) groups is 1. The Balaban J connectivity index is 2.54. The molecule has 0 heterocycles. The molecule has 0 radical (unpaired) electrons. The van der Waals surface area contributed by atoms with E-state index in [0.29, 0.717) is 17.9 Å². The smallest absolute Gasteiger partial charge is 0.155 e. The first kappa shape index (κ1) is 13.3. The molecule has 0 saturated heterocycles. The minimum absolute atomic E-state index is 0.0463. The summed E-state index contributed by atoms with van der Waals surface area (Å²) in [4.78, 5) is 10.8. The number of ether oxygens (including phenoxy) is 1. The molecule has 0 aromatic carbocycles. The van der Waals surface area contributed by atoms with E-state index in [1.54, 1.807) is 13.2 Å². The Morgan fingerprint density at radius 2 is 2.06 bits per heavy atom. The van der Waals surface area contributed by atoms with Gasteiger partial charge >= 0.3 is 0 Å². The molecule has 16 heavy (non-hydrogen) atoms. The van der Waals surface area contributed by atoms with Gasteiger partial charge in [0.2, 0.25) is 0 Å². The molecule has 0 amide bonds. The van der Waals surface area contributed by atoms with Crippen LogP contribution in [0.5, 0.6) is 0 Å². The highest BCUT2D eigenvalue weighted by Crippen LogP contribution is 2.35. The van der Waals surface area contributed by atoms with Gasteiger partial charge in [-0.2, -0.15) is 0 Å². The molecule has 1 fully saturated rings. The molecule has 0 N–H and O–H groups in total. The predicted octanol–water partition coefficient (Wildman–Crippen LogP) is 3.57. The largest absolute Gasteiger partial charge is 0.498 e. The number of ketones is 1. The SMILES string of the molecule is CC(=O)C=COC1CC(C)CCC1C(C)C. The van der Waals surface area contributed by atoms with Crippen molar-refractivity contribution in [3.63, 3.8) is 0 Å². The third-order valence-corrected chi connectivity index (χ3v) is 3.52. The minimum atomic E-state index is 0.0463. The fourth-order valence-electron chi connectivity index (χ4n) is 2.51. The van der Waals surface area contributed by atoms with Crippen LogP contribution >= 0.6 is 0 Å². The van der Waals surface area contributed by atoms with Crippen LogP contribution in [0.2, 0.25) is 0 Å². The number of carbonyl (C=O) groups excluding carboxylic acids is 1. The van der Waals surface area contributed by atoms with Crippen LogP contribution in [-0.2, 0) is 9.53 Å². The van der Waals surface area contributed by atoms with Crippen LogP contribution in [0.15, 0.2) is 12.3 Å². The molecule has 0 bridgehead atoms. The summed E-state index contributed by atoms with van der Waals surface area (Å²) < 4.78 is 5.74. The molecule has 3 unspecified atom stereocenters. The van der Waals surface area contributed by atoms with Crippen LogP contribution in [0.1, 0.15) is 47.0 Å². The Morgan fingerprint density at radius 1 is 1.38 bits per heavy atom. The maximum Gasteiger partial charge on any atom is 0.155 e. The molecule has 0 aromatic rings. The van der Waals surface area contributed by atoms with Gasteiger partial charge in [-0.25, -0.2) is 0 Å². The van der Waals surface area contributed by atoms with Crippen molar-refractivity contribution in [3.8, 4) is 0 Å². The highest BCUT2D eigenvalue weighted by atomic mass is 16.5. The van der Waals surface area contributed by atoms with Crippen LogP contribution in [0.3, 0.4) is 0 Å². The van der Waals surface area contributed by atoms with Crippen molar-refractivity contribution in [2.75, 3.05) is 0 Å². The van der Waals surface area contributed by atoms with E-state index < -0.39 is 0 Å². The molecule has 0 spiro atoms. The van der Waals surface area contributed by atoms with Gasteiger partial charge in [0.25, 0.3) is 0 Å². The monoisotopic (exact) mass is 224 g/mol. The van der Waals surface area contributed by atoms with Crippen molar-refractivity contribution in [1.29, 1.82) is 0 Å². The lowest BCUT2D eigenvalue weighted by Gasteiger charge is -2.36. The normalized spacial score (nSPS) is 30.9. The highest BCUT2D eigenvalue weighted by molar-refractivity contribution is 5.86. The topological polar surface area (TPSA) is 26.3 Å². The Labute approximate surface area is 99.1 Å². The number of hydrogen-bond donors (Lipinski definition) is 0. The minimum Gasteiger partial charge on any atom is -0.498 e. The Morgan fingerprint density at radius 3 is 2.62 bits per heavy atom. The van der Waals surface area contributed by atoms with E-state index in [9.17, 15) is 4.79 Å². The lowest BCUT2D eigenvalue weighted by atomic mass is 9.75. The zero-order chi connectivity index (χ0) is 12.1. The van der Waals surface area contributed by atoms with Crippen molar-refractivity contribution < 1.29 is 9.53 Å². The molecule has 0 aliphatic heterocycles. The van der Waals surface area contributed by atoms with Crippen LogP contribution in [-0.4, -0.2) is 11.9 Å². The summed E-state index contributed by atoms with van der Waals surface area (Å²) in [5, 5.41) is 0. The highest BCUT2D eigenvalue weighted by Gasteiger charge is 2.31. The molecular weight excluding hydrogens is 200 g/mol. The van der Waals surface area contributed by atoms with Crippen molar-refractivity contribution in [2.24, 2.45) is 17.8 Å². The molecular formula is C14H24O2. The van der Waals surface area contributed by atoms with Gasteiger partial charge < -0.3 is 4.74 Å². The fourth-order valence-corrected chi connectivity index (χ4v) is 2.51. The first-order chi connectivity index (χ1) is 7.50. The van der Waals surface area contributed by atoms with Crippen molar-refractivity contribution in [1.82, 2.24) is 0 Å². The first-order valence-electron chi connectivity index (χ1n) is 6.33. The molecule has 0 aromatic heterocycles. The van der Waals surface area contributed by atoms with Gasteiger partial charge in [0.1, 0.15) is 6.10 Å². The maximum absolute atomic E-state index is 10.8. The van der Waals surface area contributed by atoms with Gasteiger partial charge in [0, 0.05) is 6.08 Å². The third-order valence-electron chi connectivity index (χ3n) is 3.52. The van der Waals surface area contributed by atoms with Gasteiger partial charge in [0.15, 0.2) is 5.78 Å². The van der Waals surface area contributed by atoms with Crippen molar-refractivity contribution in [2.45, 2.75) is 53.1 Å². The van der Waals surface area contributed by atoms with Gasteiger partial charge in [-0.3, -0.25) is 4.79 Å². The molecule has 3 atom stereocenters. The second-order valence-corrected chi connectivity index (χ2v) is 5.41. The van der Waals surface area contributed by atoms with Crippen LogP contribution in [0.25, 0.3) is 0 Å². The molecule has 2 heteroatoms. The molecule has 1 aliphatic carbocycles. The molecule has 1 saturated carbocycles. The van der Waals surface area contributed by atoms with E-state index in [4.69, 9.17) is 4.74 Å². The van der Waals surface area contributed by atoms with Gasteiger partial charge in [-0.05, 0) is 37.5 Å². The summed E-state index contributed by atoms with van der Waals surface area (Å²) >= 11 is 0. The molecule has 92 valence electrons. The third kappa shape index (κ3) is 3.99. The van der Waals surface area contributed by atoms with E-state index in [1.165, 1.54) is 18.9 Å². The summed E-state index contributed by atoms with van der Waals surface area (Å²) in [6.07, 6.45) is 7.05. The van der Waals surface area contributed by atoms with E-state index >= 15 is 0 Å². The summed E-state index contributed by atoms with van der Waals surface area (Å²) in [5.41, 5.74) is 0. The first-order valence-corrected chi connectivity index (χ1v) is 6.33. The van der Waals surface area contributed by atoms with E-state index in [0.717, 1.165) is 12.3 Å². The number of hydrogen-bond acceptors (Lipinski definition) is 2. The lowest BCUT2D eigenvalue weighted by Crippen LogP contribution is -2.33. The van der Waals surface area contributed by atoms with E-state index in [1.807, 2.05) is 0 Å². The Kier molecular flexibility index (Phi) is 5.04.